The monoisotopic (exact) mass is 522 g/mol. The SMILES string of the molecule is CC#C/C(=C\NC(CF)=NCC(C)CN(CC)C(=O)c1cccc(F)c1N1N=CC2CC2=N1)C(F)(F)F. The lowest BCUT2D eigenvalue weighted by Crippen LogP contribution is -2.36. The highest BCUT2D eigenvalue weighted by Gasteiger charge is 2.36. The summed E-state index contributed by atoms with van der Waals surface area (Å²) in [6.07, 6.45) is -1.69. The van der Waals surface area contributed by atoms with Crippen LogP contribution in [-0.4, -0.2) is 61.1 Å². The normalized spacial score (nSPS) is 17.9. The third-order valence-electron chi connectivity index (χ3n) is 5.56. The van der Waals surface area contributed by atoms with Crippen LogP contribution in [0.3, 0.4) is 0 Å². The standard InChI is InChI=1S/C25H27F5N6O/c1-4-7-18(25(28,29)30)14-32-22(11-26)31-12-16(3)15-35(5-2)24(37)19-8-6-9-20(27)23(19)36-33-13-17-10-21(17)34-36/h6,8-9,13-14,16-17H,5,10-12,15H2,1-3H3,(H,31,32)/b18-14+. The molecule has 0 aromatic heterocycles. The first kappa shape index (κ1) is 27.8. The molecule has 1 aromatic rings. The van der Waals surface area contributed by atoms with E-state index in [9.17, 15) is 26.7 Å². The first-order chi connectivity index (χ1) is 17.6. The summed E-state index contributed by atoms with van der Waals surface area (Å²) in [5, 5.41) is 11.8. The predicted molar refractivity (Wildman–Crippen MR) is 133 cm³/mol. The molecule has 0 saturated heterocycles. The van der Waals surface area contributed by atoms with Crippen LogP contribution in [0.4, 0.5) is 27.6 Å². The number of para-hydroxylation sites is 1. The Bertz CT molecular complexity index is 1190. The van der Waals surface area contributed by atoms with Gasteiger partial charge < -0.3 is 10.2 Å². The molecule has 2 atom stereocenters. The fourth-order valence-electron chi connectivity index (χ4n) is 3.54. The molecule has 0 radical (unpaired) electrons. The Morgan fingerprint density at radius 1 is 1.41 bits per heavy atom. The summed E-state index contributed by atoms with van der Waals surface area (Å²) in [4.78, 5) is 18.9. The second-order valence-corrected chi connectivity index (χ2v) is 8.54. The average molecular weight is 523 g/mol. The van der Waals surface area contributed by atoms with E-state index in [1.54, 1.807) is 20.1 Å². The molecule has 1 aliphatic heterocycles. The van der Waals surface area contributed by atoms with E-state index < -0.39 is 30.1 Å². The molecule has 1 fully saturated rings. The Morgan fingerprint density at radius 3 is 2.78 bits per heavy atom. The number of amidine groups is 1. The number of halogens is 5. The van der Waals surface area contributed by atoms with Crippen LogP contribution in [0.25, 0.3) is 0 Å². The van der Waals surface area contributed by atoms with Crippen molar-refractivity contribution in [1.82, 2.24) is 10.2 Å². The summed E-state index contributed by atoms with van der Waals surface area (Å²) in [6.45, 7) is 4.18. The van der Waals surface area contributed by atoms with Gasteiger partial charge in [0.2, 0.25) is 0 Å². The number of benzene rings is 1. The van der Waals surface area contributed by atoms with Crippen LogP contribution in [0.15, 0.2) is 45.2 Å². The van der Waals surface area contributed by atoms with E-state index in [0.29, 0.717) is 12.7 Å². The van der Waals surface area contributed by atoms with Gasteiger partial charge in [-0.1, -0.05) is 18.9 Å². The maximum absolute atomic E-state index is 14.8. The number of anilines is 1. The lowest BCUT2D eigenvalue weighted by molar-refractivity contribution is -0.0874. The average Bonchev–Trinajstić information content (AvgIpc) is 3.64. The molecule has 0 spiro atoms. The highest BCUT2D eigenvalue weighted by molar-refractivity contribution is 6.14. The molecule has 1 amide bonds. The van der Waals surface area contributed by atoms with E-state index in [1.165, 1.54) is 30.0 Å². The number of hydrazone groups is 2. The van der Waals surface area contributed by atoms with Crippen molar-refractivity contribution in [3.8, 4) is 11.8 Å². The van der Waals surface area contributed by atoms with Gasteiger partial charge in [0.15, 0.2) is 5.82 Å². The minimum absolute atomic E-state index is 0.0339. The molecular weight excluding hydrogens is 495 g/mol. The van der Waals surface area contributed by atoms with Crippen LogP contribution < -0.4 is 10.4 Å². The second kappa shape index (κ2) is 12.0. The minimum atomic E-state index is -4.69. The molecule has 1 heterocycles. The van der Waals surface area contributed by atoms with E-state index in [-0.39, 0.29) is 42.0 Å². The van der Waals surface area contributed by atoms with Gasteiger partial charge in [-0.2, -0.15) is 23.4 Å². The molecule has 2 aliphatic rings. The quantitative estimate of drug-likeness (QED) is 0.224. The minimum Gasteiger partial charge on any atom is -0.347 e. The van der Waals surface area contributed by atoms with Gasteiger partial charge in [-0.3, -0.25) is 9.79 Å². The van der Waals surface area contributed by atoms with Gasteiger partial charge in [0.05, 0.1) is 11.3 Å². The Balaban J connectivity index is 1.70. The number of fused-ring (bicyclic) bond motifs is 1. The molecular formula is C25H27F5N6O. The fourth-order valence-corrected chi connectivity index (χ4v) is 3.54. The summed E-state index contributed by atoms with van der Waals surface area (Å²) in [5.41, 5.74) is -0.242. The van der Waals surface area contributed by atoms with Crippen molar-refractivity contribution in [3.63, 3.8) is 0 Å². The summed E-state index contributed by atoms with van der Waals surface area (Å²) in [5.74, 6) is 2.59. The molecule has 3 rings (SSSR count). The fraction of sp³-hybridized carbons (Fsp3) is 0.440. The topological polar surface area (TPSA) is 72.7 Å². The number of carbonyl (C=O) groups is 1. The van der Waals surface area contributed by atoms with Crippen molar-refractivity contribution in [2.75, 3.05) is 31.4 Å². The first-order valence-corrected chi connectivity index (χ1v) is 11.6. The third-order valence-corrected chi connectivity index (χ3v) is 5.56. The zero-order valence-corrected chi connectivity index (χ0v) is 20.6. The van der Waals surface area contributed by atoms with Crippen molar-refractivity contribution in [3.05, 3.63) is 41.4 Å². The van der Waals surface area contributed by atoms with Crippen LogP contribution in [-0.2, 0) is 0 Å². The summed E-state index contributed by atoms with van der Waals surface area (Å²) in [7, 11) is 0. The van der Waals surface area contributed by atoms with Crippen LogP contribution in [0.2, 0.25) is 0 Å². The number of rotatable bonds is 9. The number of hydrogen-bond acceptors (Lipinski definition) is 5. The van der Waals surface area contributed by atoms with Gasteiger partial charge in [0.25, 0.3) is 5.91 Å². The summed E-state index contributed by atoms with van der Waals surface area (Å²) >= 11 is 0. The zero-order chi connectivity index (χ0) is 27.2. The highest BCUT2D eigenvalue weighted by Crippen LogP contribution is 2.33. The van der Waals surface area contributed by atoms with Crippen molar-refractivity contribution >= 4 is 29.4 Å². The van der Waals surface area contributed by atoms with Gasteiger partial charge in [-0.15, -0.1) is 11.0 Å². The molecule has 2 unspecified atom stereocenters. The number of carbonyl (C=O) groups excluding carboxylic acids is 1. The van der Waals surface area contributed by atoms with Crippen molar-refractivity contribution in [2.45, 2.75) is 33.4 Å². The maximum atomic E-state index is 14.8. The number of nitrogens with one attached hydrogen (secondary N) is 1. The van der Waals surface area contributed by atoms with Crippen molar-refractivity contribution in [2.24, 2.45) is 27.0 Å². The van der Waals surface area contributed by atoms with E-state index >= 15 is 0 Å². The molecule has 1 saturated carbocycles. The van der Waals surface area contributed by atoms with E-state index in [0.717, 1.165) is 17.3 Å². The lowest BCUT2D eigenvalue weighted by Gasteiger charge is -2.26. The van der Waals surface area contributed by atoms with Gasteiger partial charge in [-0.25, -0.2) is 8.78 Å². The maximum Gasteiger partial charge on any atom is 0.425 e. The number of alkyl halides is 4. The molecule has 0 bridgehead atoms. The van der Waals surface area contributed by atoms with Gasteiger partial charge in [0, 0.05) is 44.4 Å². The molecule has 1 aliphatic carbocycles. The van der Waals surface area contributed by atoms with E-state index in [1.807, 2.05) is 5.92 Å². The number of amides is 1. The van der Waals surface area contributed by atoms with Crippen LogP contribution in [0.1, 0.15) is 37.6 Å². The van der Waals surface area contributed by atoms with Crippen LogP contribution in [0.5, 0.6) is 0 Å². The molecule has 1 N–H and O–H groups in total. The smallest absolute Gasteiger partial charge is 0.347 e. The zero-order valence-electron chi connectivity index (χ0n) is 20.6. The molecule has 37 heavy (non-hydrogen) atoms. The van der Waals surface area contributed by atoms with Crippen molar-refractivity contribution < 1.29 is 26.7 Å². The van der Waals surface area contributed by atoms with Gasteiger partial charge in [-0.05, 0) is 31.9 Å². The summed E-state index contributed by atoms with van der Waals surface area (Å²) < 4.78 is 66.9. The number of allylic oxidation sites excluding steroid dienone is 1. The highest BCUT2D eigenvalue weighted by atomic mass is 19.4. The third kappa shape index (κ3) is 7.15. The Kier molecular flexibility index (Phi) is 9.02. The van der Waals surface area contributed by atoms with Crippen LogP contribution in [0, 0.1) is 29.5 Å². The number of hydrogen-bond donors (Lipinski definition) is 1. The Morgan fingerprint density at radius 2 is 2.16 bits per heavy atom. The molecule has 1 aromatic carbocycles. The van der Waals surface area contributed by atoms with Gasteiger partial charge >= 0.3 is 6.18 Å². The predicted octanol–water partition coefficient (Wildman–Crippen LogP) is 4.53. The van der Waals surface area contributed by atoms with E-state index in [2.05, 4.69) is 26.4 Å². The molecule has 7 nitrogen and oxygen atoms in total. The molecule has 198 valence electrons. The Hall–Kier alpha value is -3.75. The van der Waals surface area contributed by atoms with Crippen LogP contribution >= 0.6 is 0 Å². The first-order valence-electron chi connectivity index (χ1n) is 11.6. The number of nitrogens with zero attached hydrogens (tertiary/aromatic N) is 5. The second-order valence-electron chi connectivity index (χ2n) is 8.54. The lowest BCUT2D eigenvalue weighted by atomic mass is 10.1. The van der Waals surface area contributed by atoms with Gasteiger partial charge in [0.1, 0.15) is 23.8 Å². The van der Waals surface area contributed by atoms with Crippen molar-refractivity contribution in [1.29, 1.82) is 0 Å². The van der Waals surface area contributed by atoms with E-state index in [4.69, 9.17) is 0 Å². The summed E-state index contributed by atoms with van der Waals surface area (Å²) in [6, 6.07) is 4.15. The number of aliphatic imine (C=N–C) groups is 1. The molecule has 12 heteroatoms. The Labute approximate surface area is 211 Å². The largest absolute Gasteiger partial charge is 0.425 e.